The molecule has 6 heteroatoms. The quantitative estimate of drug-likeness (QED) is 0.837. The van der Waals surface area contributed by atoms with Crippen LogP contribution in [0.5, 0.6) is 0 Å². The minimum absolute atomic E-state index is 0.410. The van der Waals surface area contributed by atoms with Crippen LogP contribution in [-0.2, 0) is 0 Å². The third-order valence-corrected chi connectivity index (χ3v) is 2.82. The topological polar surface area (TPSA) is 47.1 Å². The molecule has 1 aromatic heterocycles. The van der Waals surface area contributed by atoms with Crippen molar-refractivity contribution in [3.05, 3.63) is 22.2 Å². The number of imidazole rings is 1. The average molecular weight is 245 g/mol. The molecule has 1 aromatic carbocycles. The third-order valence-electron chi connectivity index (χ3n) is 2.10. The summed E-state index contributed by atoms with van der Waals surface area (Å²) in [5.41, 5.74) is 7.35. The molecule has 2 aromatic rings. The zero-order chi connectivity index (χ0) is 11.2. The smallest absolute Gasteiger partial charge is 0.220 e. The van der Waals surface area contributed by atoms with Gasteiger partial charge in [-0.25, -0.2) is 9.66 Å². The summed E-state index contributed by atoms with van der Waals surface area (Å²) in [5, 5.41) is 2.80. The van der Waals surface area contributed by atoms with E-state index in [1.54, 1.807) is 16.8 Å². The van der Waals surface area contributed by atoms with E-state index in [0.717, 1.165) is 11.0 Å². The average Bonchev–Trinajstić information content (AvgIpc) is 2.41. The number of halogens is 2. The minimum atomic E-state index is 0.410. The van der Waals surface area contributed by atoms with Gasteiger partial charge in [0.2, 0.25) is 5.95 Å². The highest BCUT2D eigenvalue weighted by Gasteiger charge is 2.11. The van der Waals surface area contributed by atoms with E-state index in [4.69, 9.17) is 28.9 Å². The van der Waals surface area contributed by atoms with Gasteiger partial charge in [0.1, 0.15) is 0 Å². The van der Waals surface area contributed by atoms with Gasteiger partial charge in [0.05, 0.1) is 21.1 Å². The SMILES string of the molecule is CN(C)n1c(N)nc2cc(Cl)c(Cl)cc21. The molecule has 0 radical (unpaired) electrons. The first-order valence-corrected chi connectivity index (χ1v) is 5.07. The molecule has 1 heterocycles. The standard InChI is InChI=1S/C9H10Cl2N4/c1-14(2)15-8-4-6(11)5(10)3-7(8)13-9(15)12/h3-4H,1-2H3,(H2,12,13). The van der Waals surface area contributed by atoms with Crippen LogP contribution in [0, 0.1) is 0 Å². The monoisotopic (exact) mass is 244 g/mol. The number of nitrogens with zero attached hydrogens (tertiary/aromatic N) is 3. The van der Waals surface area contributed by atoms with Crippen LogP contribution in [0.25, 0.3) is 11.0 Å². The molecule has 0 aliphatic heterocycles. The summed E-state index contributed by atoms with van der Waals surface area (Å²) in [4.78, 5) is 4.19. The normalized spacial score (nSPS) is 10.9. The van der Waals surface area contributed by atoms with Crippen molar-refractivity contribution in [2.75, 3.05) is 24.8 Å². The molecule has 0 amide bonds. The molecule has 15 heavy (non-hydrogen) atoms. The fraction of sp³-hybridized carbons (Fsp3) is 0.222. The molecule has 0 saturated heterocycles. The van der Waals surface area contributed by atoms with Gasteiger partial charge in [-0.1, -0.05) is 23.2 Å². The van der Waals surface area contributed by atoms with E-state index in [-0.39, 0.29) is 0 Å². The van der Waals surface area contributed by atoms with Crippen LogP contribution < -0.4 is 10.7 Å². The number of aromatic nitrogens is 2. The van der Waals surface area contributed by atoms with E-state index in [1.807, 2.05) is 19.1 Å². The van der Waals surface area contributed by atoms with Gasteiger partial charge in [-0.2, -0.15) is 0 Å². The Kier molecular flexibility index (Phi) is 2.40. The highest BCUT2D eigenvalue weighted by Crippen LogP contribution is 2.28. The lowest BCUT2D eigenvalue weighted by Gasteiger charge is -2.16. The summed E-state index contributed by atoms with van der Waals surface area (Å²) in [6.45, 7) is 0. The van der Waals surface area contributed by atoms with Crippen molar-refractivity contribution in [1.29, 1.82) is 0 Å². The Labute approximate surface area is 97.2 Å². The zero-order valence-electron chi connectivity index (χ0n) is 8.33. The molecule has 0 spiro atoms. The van der Waals surface area contributed by atoms with E-state index in [0.29, 0.717) is 16.0 Å². The van der Waals surface area contributed by atoms with E-state index >= 15 is 0 Å². The van der Waals surface area contributed by atoms with Crippen LogP contribution in [0.3, 0.4) is 0 Å². The number of hydrogen-bond donors (Lipinski definition) is 1. The second-order valence-corrected chi connectivity index (χ2v) is 4.20. The lowest BCUT2D eigenvalue weighted by Crippen LogP contribution is -2.26. The van der Waals surface area contributed by atoms with Gasteiger partial charge in [0.25, 0.3) is 0 Å². The van der Waals surface area contributed by atoms with E-state index in [9.17, 15) is 0 Å². The number of nitrogens with two attached hydrogens (primary N) is 1. The fourth-order valence-electron chi connectivity index (χ4n) is 1.50. The Balaban J connectivity index is 2.81. The van der Waals surface area contributed by atoms with Crippen LogP contribution in [0.15, 0.2) is 12.1 Å². The first kappa shape index (κ1) is 10.4. The first-order chi connectivity index (χ1) is 7.00. The number of anilines is 1. The summed E-state index contributed by atoms with van der Waals surface area (Å²) in [6, 6.07) is 3.46. The van der Waals surface area contributed by atoms with Crippen molar-refractivity contribution in [3.8, 4) is 0 Å². The Hall–Kier alpha value is -1.13. The predicted molar refractivity (Wildman–Crippen MR) is 64.2 cm³/mol. The van der Waals surface area contributed by atoms with Crippen molar-refractivity contribution in [2.45, 2.75) is 0 Å². The highest BCUT2D eigenvalue weighted by atomic mass is 35.5. The number of hydrogen-bond acceptors (Lipinski definition) is 3. The molecular formula is C9H10Cl2N4. The molecule has 0 fully saturated rings. The molecule has 0 bridgehead atoms. The second-order valence-electron chi connectivity index (χ2n) is 3.38. The molecule has 0 saturated carbocycles. The fourth-order valence-corrected chi connectivity index (χ4v) is 1.82. The van der Waals surface area contributed by atoms with Crippen LogP contribution >= 0.6 is 23.2 Å². The molecule has 0 aliphatic rings. The van der Waals surface area contributed by atoms with Gasteiger partial charge in [0, 0.05) is 14.1 Å². The van der Waals surface area contributed by atoms with Crippen LogP contribution in [0.4, 0.5) is 5.95 Å². The number of fused-ring (bicyclic) bond motifs is 1. The summed E-state index contributed by atoms with van der Waals surface area (Å²) < 4.78 is 1.76. The van der Waals surface area contributed by atoms with Gasteiger partial charge in [-0.3, -0.25) is 0 Å². The van der Waals surface area contributed by atoms with Gasteiger partial charge < -0.3 is 10.7 Å². The van der Waals surface area contributed by atoms with Gasteiger partial charge in [0.15, 0.2) is 0 Å². The minimum Gasteiger partial charge on any atom is -0.368 e. The molecule has 2 rings (SSSR count). The number of nitrogen functional groups attached to an aromatic ring is 1. The Morgan fingerprint density at radius 3 is 2.47 bits per heavy atom. The van der Waals surface area contributed by atoms with Gasteiger partial charge in [-0.05, 0) is 12.1 Å². The molecular weight excluding hydrogens is 235 g/mol. The van der Waals surface area contributed by atoms with Crippen LogP contribution in [-0.4, -0.2) is 23.8 Å². The van der Waals surface area contributed by atoms with Crippen molar-refractivity contribution in [3.63, 3.8) is 0 Å². The lowest BCUT2D eigenvalue weighted by atomic mass is 10.3. The van der Waals surface area contributed by atoms with E-state index in [1.165, 1.54) is 0 Å². The summed E-state index contributed by atoms with van der Waals surface area (Å²) in [5.74, 6) is 0.410. The lowest BCUT2D eigenvalue weighted by molar-refractivity contribution is 0.765. The summed E-state index contributed by atoms with van der Waals surface area (Å²) in [7, 11) is 3.75. The first-order valence-electron chi connectivity index (χ1n) is 4.31. The Bertz CT molecular complexity index is 518. The molecule has 0 aliphatic carbocycles. The van der Waals surface area contributed by atoms with Crippen molar-refractivity contribution < 1.29 is 0 Å². The summed E-state index contributed by atoms with van der Waals surface area (Å²) in [6.07, 6.45) is 0. The third kappa shape index (κ3) is 1.60. The Morgan fingerprint density at radius 2 is 1.87 bits per heavy atom. The second kappa shape index (κ2) is 3.47. The van der Waals surface area contributed by atoms with Crippen molar-refractivity contribution in [1.82, 2.24) is 9.66 Å². The van der Waals surface area contributed by atoms with Crippen LogP contribution in [0.1, 0.15) is 0 Å². The highest BCUT2D eigenvalue weighted by molar-refractivity contribution is 6.42. The predicted octanol–water partition coefficient (Wildman–Crippen LogP) is 2.12. The molecule has 2 N–H and O–H groups in total. The van der Waals surface area contributed by atoms with Crippen LogP contribution in [0.2, 0.25) is 10.0 Å². The van der Waals surface area contributed by atoms with E-state index in [2.05, 4.69) is 4.98 Å². The largest absolute Gasteiger partial charge is 0.368 e. The number of rotatable bonds is 1. The molecule has 0 atom stereocenters. The maximum absolute atomic E-state index is 5.94. The molecule has 80 valence electrons. The zero-order valence-corrected chi connectivity index (χ0v) is 9.84. The van der Waals surface area contributed by atoms with Crippen molar-refractivity contribution >= 4 is 40.2 Å². The van der Waals surface area contributed by atoms with Gasteiger partial charge in [-0.15, -0.1) is 0 Å². The Morgan fingerprint density at radius 1 is 1.27 bits per heavy atom. The summed E-state index contributed by atoms with van der Waals surface area (Å²) >= 11 is 11.8. The van der Waals surface area contributed by atoms with Gasteiger partial charge >= 0.3 is 0 Å². The maximum Gasteiger partial charge on any atom is 0.220 e. The van der Waals surface area contributed by atoms with Crippen molar-refractivity contribution in [2.24, 2.45) is 0 Å². The molecule has 4 nitrogen and oxygen atoms in total. The van der Waals surface area contributed by atoms with E-state index < -0.39 is 0 Å². The molecule has 0 unspecified atom stereocenters. The maximum atomic E-state index is 5.94. The number of benzene rings is 1.